The van der Waals surface area contributed by atoms with E-state index in [9.17, 15) is 21.6 Å². The second-order valence-electron chi connectivity index (χ2n) is 4.65. The van der Waals surface area contributed by atoms with Gasteiger partial charge in [0.25, 0.3) is 10.0 Å². The highest BCUT2D eigenvalue weighted by Gasteiger charge is 2.37. The molecule has 1 aromatic heterocycles. The van der Waals surface area contributed by atoms with Crippen LogP contribution in [-0.4, -0.2) is 26.1 Å². The van der Waals surface area contributed by atoms with Crippen LogP contribution in [0.3, 0.4) is 0 Å². The minimum atomic E-state index is -4.67. The number of benzene rings is 1. The predicted octanol–water partition coefficient (Wildman–Crippen LogP) is 3.15. The fourth-order valence-electron chi connectivity index (χ4n) is 1.83. The molecule has 0 aliphatic heterocycles. The van der Waals surface area contributed by atoms with Crippen LogP contribution in [0, 0.1) is 6.92 Å². The van der Waals surface area contributed by atoms with Gasteiger partial charge in [-0.25, -0.2) is 8.42 Å². The molecule has 8 heteroatoms. The topological polar surface area (TPSA) is 50.3 Å². The van der Waals surface area contributed by atoms with Gasteiger partial charge < -0.3 is 0 Å². The fourth-order valence-corrected chi connectivity index (χ4v) is 3.28. The highest BCUT2D eigenvalue weighted by Crippen LogP contribution is 2.28. The number of rotatable bonds is 4. The van der Waals surface area contributed by atoms with Crippen LogP contribution in [-0.2, 0) is 10.0 Å². The summed E-state index contributed by atoms with van der Waals surface area (Å²) in [5.41, 5.74) is 0.720. The first-order valence-electron chi connectivity index (χ1n) is 6.26. The summed E-state index contributed by atoms with van der Waals surface area (Å²) < 4.78 is 63.7. The second-order valence-corrected chi connectivity index (χ2v) is 6.51. The van der Waals surface area contributed by atoms with E-state index in [1.807, 2.05) is 0 Å². The molecule has 1 aromatic carbocycles. The van der Waals surface area contributed by atoms with Crippen molar-refractivity contribution in [3.05, 3.63) is 54.4 Å². The molecule has 0 atom stereocenters. The predicted molar refractivity (Wildman–Crippen MR) is 76.0 cm³/mol. The van der Waals surface area contributed by atoms with Crippen LogP contribution in [0.5, 0.6) is 0 Å². The Labute approximate surface area is 126 Å². The van der Waals surface area contributed by atoms with Crippen molar-refractivity contribution in [2.24, 2.45) is 0 Å². The molecule has 2 aromatic rings. The van der Waals surface area contributed by atoms with E-state index in [2.05, 4.69) is 4.98 Å². The number of pyridine rings is 1. The molecule has 4 nitrogen and oxygen atoms in total. The number of aromatic nitrogens is 1. The van der Waals surface area contributed by atoms with E-state index >= 15 is 0 Å². The van der Waals surface area contributed by atoms with Gasteiger partial charge in [0.15, 0.2) is 0 Å². The van der Waals surface area contributed by atoms with E-state index < -0.39 is 22.7 Å². The molecular weight excluding hydrogens is 317 g/mol. The van der Waals surface area contributed by atoms with E-state index in [0.29, 0.717) is 4.31 Å². The molecule has 118 valence electrons. The van der Waals surface area contributed by atoms with Crippen LogP contribution in [0.25, 0.3) is 0 Å². The molecule has 0 saturated carbocycles. The van der Waals surface area contributed by atoms with E-state index in [1.165, 1.54) is 48.8 Å². The fraction of sp³-hybridized carbons (Fsp3) is 0.214. The number of sulfonamides is 1. The Morgan fingerprint density at radius 1 is 1.05 bits per heavy atom. The zero-order valence-corrected chi connectivity index (χ0v) is 12.4. The van der Waals surface area contributed by atoms with Crippen LogP contribution in [0.1, 0.15) is 5.56 Å². The van der Waals surface area contributed by atoms with Crippen LogP contribution < -0.4 is 4.31 Å². The minimum absolute atomic E-state index is 0.0899. The van der Waals surface area contributed by atoms with E-state index in [-0.39, 0.29) is 10.6 Å². The van der Waals surface area contributed by atoms with Crippen molar-refractivity contribution in [3.63, 3.8) is 0 Å². The van der Waals surface area contributed by atoms with Gasteiger partial charge >= 0.3 is 6.18 Å². The first kappa shape index (κ1) is 16.3. The standard InChI is InChI=1S/C14H13F3N2O2S/c1-11-2-4-13(5-3-11)22(20,21)19(10-14(15,16)17)12-6-8-18-9-7-12/h2-9H,10H2,1H3. The monoisotopic (exact) mass is 330 g/mol. The highest BCUT2D eigenvalue weighted by molar-refractivity contribution is 7.92. The molecule has 0 bridgehead atoms. The largest absolute Gasteiger partial charge is 0.407 e. The SMILES string of the molecule is Cc1ccc(S(=O)(=O)N(CC(F)(F)F)c2ccncc2)cc1. The molecule has 22 heavy (non-hydrogen) atoms. The lowest BCUT2D eigenvalue weighted by Crippen LogP contribution is -2.39. The van der Waals surface area contributed by atoms with Crippen molar-refractivity contribution < 1.29 is 21.6 Å². The quantitative estimate of drug-likeness (QED) is 0.865. The van der Waals surface area contributed by atoms with Gasteiger partial charge in [0, 0.05) is 12.4 Å². The van der Waals surface area contributed by atoms with Gasteiger partial charge in [0.2, 0.25) is 0 Å². The molecule has 0 aliphatic carbocycles. The van der Waals surface area contributed by atoms with Gasteiger partial charge in [-0.3, -0.25) is 9.29 Å². The highest BCUT2D eigenvalue weighted by atomic mass is 32.2. The summed E-state index contributed by atoms with van der Waals surface area (Å²) in [6, 6.07) is 8.08. The third-order valence-electron chi connectivity index (χ3n) is 2.88. The average Bonchev–Trinajstić information content (AvgIpc) is 2.45. The maximum atomic E-state index is 12.8. The maximum absolute atomic E-state index is 12.8. The molecule has 1 heterocycles. The van der Waals surface area contributed by atoms with E-state index in [0.717, 1.165) is 5.56 Å². The Morgan fingerprint density at radius 2 is 1.59 bits per heavy atom. The number of nitrogens with zero attached hydrogens (tertiary/aromatic N) is 2. The van der Waals surface area contributed by atoms with Gasteiger partial charge in [-0.2, -0.15) is 13.2 Å². The van der Waals surface area contributed by atoms with Crippen molar-refractivity contribution in [1.82, 2.24) is 4.98 Å². The average molecular weight is 330 g/mol. The Hall–Kier alpha value is -2.09. The van der Waals surface area contributed by atoms with Crippen LogP contribution in [0.2, 0.25) is 0 Å². The summed E-state index contributed by atoms with van der Waals surface area (Å²) in [6.07, 6.45) is -2.19. The van der Waals surface area contributed by atoms with Crippen LogP contribution >= 0.6 is 0 Å². The lowest BCUT2D eigenvalue weighted by Gasteiger charge is -2.25. The minimum Gasteiger partial charge on any atom is -0.265 e. The summed E-state index contributed by atoms with van der Waals surface area (Å²) in [6.45, 7) is 0.153. The molecule has 0 spiro atoms. The van der Waals surface area contributed by atoms with E-state index in [1.54, 1.807) is 6.92 Å². The number of alkyl halides is 3. The van der Waals surface area contributed by atoms with Crippen molar-refractivity contribution in [2.75, 3.05) is 10.8 Å². The number of aryl methyl sites for hydroxylation is 1. The Bertz CT molecular complexity index is 729. The molecule has 0 fully saturated rings. The third-order valence-corrected chi connectivity index (χ3v) is 4.67. The van der Waals surface area contributed by atoms with Crippen molar-refractivity contribution in [3.8, 4) is 0 Å². The molecule has 0 unspecified atom stereocenters. The lowest BCUT2D eigenvalue weighted by atomic mass is 10.2. The molecule has 2 rings (SSSR count). The molecule has 0 radical (unpaired) electrons. The zero-order valence-electron chi connectivity index (χ0n) is 11.6. The smallest absolute Gasteiger partial charge is 0.265 e. The Morgan fingerprint density at radius 3 is 2.09 bits per heavy atom. The lowest BCUT2D eigenvalue weighted by molar-refractivity contribution is -0.117. The molecular formula is C14H13F3N2O2S. The van der Waals surface area contributed by atoms with Gasteiger partial charge in [-0.15, -0.1) is 0 Å². The van der Waals surface area contributed by atoms with E-state index in [4.69, 9.17) is 0 Å². The number of anilines is 1. The Kier molecular flexibility index (Phi) is 4.41. The molecule has 0 saturated heterocycles. The second kappa shape index (κ2) is 5.96. The normalized spacial score (nSPS) is 12.2. The van der Waals surface area contributed by atoms with Gasteiger partial charge in [-0.05, 0) is 31.2 Å². The summed E-state index contributed by atoms with van der Waals surface area (Å²) in [5.74, 6) is 0. The van der Waals surface area contributed by atoms with Gasteiger partial charge in [0.1, 0.15) is 6.54 Å². The third kappa shape index (κ3) is 3.76. The van der Waals surface area contributed by atoms with Crippen molar-refractivity contribution in [2.45, 2.75) is 18.0 Å². The first-order chi connectivity index (χ1) is 10.2. The van der Waals surface area contributed by atoms with Crippen LogP contribution in [0.15, 0.2) is 53.7 Å². The van der Waals surface area contributed by atoms with Crippen molar-refractivity contribution in [1.29, 1.82) is 0 Å². The van der Waals surface area contributed by atoms with Gasteiger partial charge in [0.05, 0.1) is 10.6 Å². The van der Waals surface area contributed by atoms with Crippen molar-refractivity contribution >= 4 is 15.7 Å². The summed E-state index contributed by atoms with van der Waals surface area (Å²) >= 11 is 0. The number of hydrogen-bond donors (Lipinski definition) is 0. The zero-order chi connectivity index (χ0) is 16.4. The number of halogens is 3. The summed E-state index contributed by atoms with van der Waals surface area (Å²) in [7, 11) is -4.32. The molecule has 0 N–H and O–H groups in total. The van der Waals surface area contributed by atoms with Gasteiger partial charge in [-0.1, -0.05) is 17.7 Å². The summed E-state index contributed by atoms with van der Waals surface area (Å²) in [5, 5.41) is 0. The maximum Gasteiger partial charge on any atom is 0.407 e. The summed E-state index contributed by atoms with van der Waals surface area (Å²) in [4.78, 5) is 3.49. The van der Waals surface area contributed by atoms with Crippen LogP contribution in [0.4, 0.5) is 18.9 Å². The first-order valence-corrected chi connectivity index (χ1v) is 7.70. The Balaban J connectivity index is 2.50. The number of hydrogen-bond acceptors (Lipinski definition) is 3. The molecule has 0 amide bonds. The molecule has 0 aliphatic rings.